The zero-order chi connectivity index (χ0) is 13.1. The Hall–Kier alpha value is -1.09. The van der Waals surface area contributed by atoms with Gasteiger partial charge in [0, 0.05) is 34.4 Å². The first-order chi connectivity index (χ1) is 8.58. The first-order valence-electron chi connectivity index (χ1n) is 5.14. The number of hydrogen-bond donors (Lipinski definition) is 0. The Morgan fingerprint density at radius 2 is 1.89 bits per heavy atom. The lowest BCUT2D eigenvalue weighted by Gasteiger charge is -2.05. The van der Waals surface area contributed by atoms with E-state index in [0.29, 0.717) is 26.2 Å². The maximum Gasteiger partial charge on any atom is 0.168 e. The summed E-state index contributed by atoms with van der Waals surface area (Å²) in [5, 5.41) is 1.39. The molecule has 0 saturated heterocycles. The number of carbonyl (C=O) groups is 1. The zero-order valence-electron chi connectivity index (χ0n) is 9.16. The fraction of sp³-hybridized carbons (Fsp3) is 0.0769. The van der Waals surface area contributed by atoms with Crippen LogP contribution >= 0.6 is 34.8 Å². The summed E-state index contributed by atoms with van der Waals surface area (Å²) in [5.74, 6) is -0.119. The summed E-state index contributed by atoms with van der Waals surface area (Å²) in [6.45, 7) is 0. The van der Waals surface area contributed by atoms with E-state index in [1.807, 2.05) is 0 Å². The molecule has 0 saturated carbocycles. The Labute approximate surface area is 120 Å². The molecule has 2 aromatic rings. The molecular weight excluding hydrogens is 293 g/mol. The Morgan fingerprint density at radius 1 is 1.11 bits per heavy atom. The van der Waals surface area contributed by atoms with Crippen molar-refractivity contribution < 1.29 is 4.79 Å². The number of nitrogens with zero attached hydrogens (tertiary/aromatic N) is 1. The van der Waals surface area contributed by atoms with Gasteiger partial charge in [-0.15, -0.1) is 0 Å². The fourth-order valence-corrected chi connectivity index (χ4v) is 2.15. The lowest BCUT2D eigenvalue weighted by Crippen LogP contribution is -2.05. The molecule has 0 aliphatic rings. The molecule has 0 radical (unpaired) electrons. The molecule has 0 amide bonds. The van der Waals surface area contributed by atoms with Crippen LogP contribution < -0.4 is 0 Å². The van der Waals surface area contributed by atoms with Gasteiger partial charge in [0.15, 0.2) is 5.78 Å². The van der Waals surface area contributed by atoms with Crippen LogP contribution in [0.25, 0.3) is 0 Å². The summed E-state index contributed by atoms with van der Waals surface area (Å²) in [7, 11) is 0. The molecule has 1 aromatic heterocycles. The molecule has 2 rings (SSSR count). The van der Waals surface area contributed by atoms with E-state index in [2.05, 4.69) is 4.98 Å². The van der Waals surface area contributed by atoms with Gasteiger partial charge in [-0.3, -0.25) is 9.78 Å². The van der Waals surface area contributed by atoms with Gasteiger partial charge < -0.3 is 0 Å². The van der Waals surface area contributed by atoms with E-state index in [0.717, 1.165) is 0 Å². The molecule has 0 unspecified atom stereocenters. The Morgan fingerprint density at radius 3 is 2.61 bits per heavy atom. The molecule has 5 heteroatoms. The van der Waals surface area contributed by atoms with E-state index < -0.39 is 0 Å². The minimum atomic E-state index is -0.119. The summed E-state index contributed by atoms with van der Waals surface area (Å²) in [6.07, 6.45) is 3.12. The lowest BCUT2D eigenvalue weighted by molar-refractivity contribution is 0.0993. The van der Waals surface area contributed by atoms with E-state index in [1.54, 1.807) is 24.3 Å². The van der Waals surface area contributed by atoms with Gasteiger partial charge in [-0.25, -0.2) is 0 Å². The van der Waals surface area contributed by atoms with Crippen molar-refractivity contribution in [2.75, 3.05) is 0 Å². The van der Waals surface area contributed by atoms with Crippen LogP contribution in [0.1, 0.15) is 15.9 Å². The molecule has 0 spiro atoms. The number of aromatic nitrogens is 1. The average Bonchev–Trinajstić information content (AvgIpc) is 2.34. The Balaban J connectivity index is 2.27. The number of pyridine rings is 1. The van der Waals surface area contributed by atoms with Crippen molar-refractivity contribution in [3.63, 3.8) is 0 Å². The molecule has 1 heterocycles. The first-order valence-corrected chi connectivity index (χ1v) is 6.28. The molecule has 0 fully saturated rings. The van der Waals surface area contributed by atoms with E-state index in [1.165, 1.54) is 12.4 Å². The van der Waals surface area contributed by atoms with Crippen LogP contribution in [0.15, 0.2) is 36.7 Å². The van der Waals surface area contributed by atoms with Gasteiger partial charge in [-0.2, -0.15) is 0 Å². The molecule has 0 aliphatic heterocycles. The van der Waals surface area contributed by atoms with Crippen molar-refractivity contribution in [3.05, 3.63) is 62.9 Å². The quantitative estimate of drug-likeness (QED) is 0.783. The Kier molecular flexibility index (Phi) is 4.23. The lowest BCUT2D eigenvalue weighted by atomic mass is 10.0. The predicted molar refractivity (Wildman–Crippen MR) is 73.7 cm³/mol. The highest BCUT2D eigenvalue weighted by atomic mass is 35.5. The summed E-state index contributed by atoms with van der Waals surface area (Å²) in [4.78, 5) is 15.9. The third-order valence-corrected chi connectivity index (χ3v) is 3.34. The fourth-order valence-electron chi connectivity index (χ4n) is 1.55. The van der Waals surface area contributed by atoms with Gasteiger partial charge in [0.05, 0.1) is 5.02 Å². The number of benzene rings is 1. The maximum atomic E-state index is 12.1. The van der Waals surface area contributed by atoms with Gasteiger partial charge in [0.1, 0.15) is 0 Å². The predicted octanol–water partition coefficient (Wildman–Crippen LogP) is 4.47. The molecule has 0 N–H and O–H groups in total. The molecular formula is C13H8Cl3NO. The third-order valence-electron chi connectivity index (χ3n) is 2.43. The molecule has 0 atom stereocenters. The minimum Gasteiger partial charge on any atom is -0.294 e. The smallest absolute Gasteiger partial charge is 0.168 e. The van der Waals surface area contributed by atoms with Crippen molar-refractivity contribution in [1.29, 1.82) is 0 Å². The Bertz CT molecular complexity index is 599. The van der Waals surface area contributed by atoms with Crippen molar-refractivity contribution in [2.24, 2.45) is 0 Å². The molecule has 2 nitrogen and oxygen atoms in total. The van der Waals surface area contributed by atoms with Crippen LogP contribution in [0.2, 0.25) is 15.1 Å². The molecule has 0 bridgehead atoms. The third kappa shape index (κ3) is 3.02. The van der Waals surface area contributed by atoms with Crippen molar-refractivity contribution in [3.8, 4) is 0 Å². The summed E-state index contributed by atoms with van der Waals surface area (Å²) >= 11 is 17.8. The number of rotatable bonds is 3. The van der Waals surface area contributed by atoms with Gasteiger partial charge in [-0.05, 0) is 29.8 Å². The summed E-state index contributed by atoms with van der Waals surface area (Å²) in [5.41, 5.74) is 1.12. The number of halogens is 3. The largest absolute Gasteiger partial charge is 0.294 e. The van der Waals surface area contributed by atoms with Gasteiger partial charge in [-0.1, -0.05) is 34.8 Å². The van der Waals surface area contributed by atoms with E-state index in [-0.39, 0.29) is 12.2 Å². The standard InChI is InChI=1S/C13H8Cl3NO/c14-9-1-2-11(15)8(5-9)6-13(18)10-3-4-17-7-12(10)16/h1-5,7H,6H2. The van der Waals surface area contributed by atoms with Gasteiger partial charge in [0.2, 0.25) is 0 Å². The van der Waals surface area contributed by atoms with Crippen molar-refractivity contribution in [2.45, 2.75) is 6.42 Å². The zero-order valence-corrected chi connectivity index (χ0v) is 11.4. The van der Waals surface area contributed by atoms with Gasteiger partial charge in [0.25, 0.3) is 0 Å². The monoisotopic (exact) mass is 299 g/mol. The van der Waals surface area contributed by atoms with E-state index in [9.17, 15) is 4.79 Å². The average molecular weight is 301 g/mol. The first kappa shape index (κ1) is 13.3. The highest BCUT2D eigenvalue weighted by molar-refractivity contribution is 6.35. The maximum absolute atomic E-state index is 12.1. The van der Waals surface area contributed by atoms with Crippen LogP contribution in [-0.4, -0.2) is 10.8 Å². The van der Waals surface area contributed by atoms with Crippen LogP contribution in [0.3, 0.4) is 0 Å². The summed E-state index contributed by atoms with van der Waals surface area (Å²) in [6, 6.07) is 6.61. The van der Waals surface area contributed by atoms with Crippen LogP contribution in [0.5, 0.6) is 0 Å². The molecule has 18 heavy (non-hydrogen) atoms. The molecule has 1 aromatic carbocycles. The van der Waals surface area contributed by atoms with Crippen LogP contribution in [0, 0.1) is 0 Å². The second-order valence-corrected chi connectivity index (χ2v) is 4.94. The van der Waals surface area contributed by atoms with E-state index in [4.69, 9.17) is 34.8 Å². The topological polar surface area (TPSA) is 30.0 Å². The number of ketones is 1. The van der Waals surface area contributed by atoms with E-state index >= 15 is 0 Å². The normalized spacial score (nSPS) is 10.4. The molecule has 92 valence electrons. The summed E-state index contributed by atoms with van der Waals surface area (Å²) < 4.78 is 0. The SMILES string of the molecule is O=C(Cc1cc(Cl)ccc1Cl)c1ccncc1Cl. The number of carbonyl (C=O) groups excluding carboxylic acids is 1. The van der Waals surface area contributed by atoms with Crippen molar-refractivity contribution in [1.82, 2.24) is 4.98 Å². The second-order valence-electron chi connectivity index (χ2n) is 3.69. The number of hydrogen-bond acceptors (Lipinski definition) is 2. The second kappa shape index (κ2) is 5.70. The number of Topliss-reactive ketones (excluding diaryl/α,β-unsaturated/α-hetero) is 1. The minimum absolute atomic E-state index is 0.119. The van der Waals surface area contributed by atoms with Gasteiger partial charge >= 0.3 is 0 Å². The van der Waals surface area contributed by atoms with Crippen molar-refractivity contribution >= 4 is 40.6 Å². The highest BCUT2D eigenvalue weighted by Gasteiger charge is 2.13. The van der Waals surface area contributed by atoms with Crippen LogP contribution in [-0.2, 0) is 6.42 Å². The highest BCUT2D eigenvalue weighted by Crippen LogP contribution is 2.23. The molecule has 0 aliphatic carbocycles. The van der Waals surface area contributed by atoms with Crippen LogP contribution in [0.4, 0.5) is 0 Å².